The number of nitrogens with one attached hydrogen (secondary N) is 1. The molecule has 0 aliphatic heterocycles. The van der Waals surface area contributed by atoms with Crippen LogP contribution in [0.2, 0.25) is 0 Å². The molecule has 2 rings (SSSR count). The minimum absolute atomic E-state index is 0.0750. The van der Waals surface area contributed by atoms with Gasteiger partial charge in [0, 0.05) is 18.4 Å². The van der Waals surface area contributed by atoms with Gasteiger partial charge >= 0.3 is 0 Å². The van der Waals surface area contributed by atoms with Crippen LogP contribution in [-0.2, 0) is 11.2 Å². The summed E-state index contributed by atoms with van der Waals surface area (Å²) >= 11 is 0. The van der Waals surface area contributed by atoms with Gasteiger partial charge in [-0.15, -0.1) is 0 Å². The van der Waals surface area contributed by atoms with Crippen molar-refractivity contribution in [2.45, 2.75) is 51.9 Å². The molecular formula is C19H29NO2. The molecule has 0 heterocycles. The number of aliphatic hydroxyl groups excluding tert-OH is 1. The molecule has 1 saturated carbocycles. The molecule has 1 atom stereocenters. The predicted molar refractivity (Wildman–Crippen MR) is 89.5 cm³/mol. The second kappa shape index (κ2) is 8.33. The van der Waals surface area contributed by atoms with E-state index in [0.29, 0.717) is 18.9 Å². The van der Waals surface area contributed by atoms with Gasteiger partial charge in [-0.2, -0.15) is 0 Å². The predicted octanol–water partition coefficient (Wildman–Crippen LogP) is 3.31. The van der Waals surface area contributed by atoms with Gasteiger partial charge < -0.3 is 10.4 Å². The Labute approximate surface area is 134 Å². The van der Waals surface area contributed by atoms with Crippen LogP contribution >= 0.6 is 0 Å². The highest BCUT2D eigenvalue weighted by molar-refractivity contribution is 5.76. The number of hydrogen-bond donors (Lipinski definition) is 2. The summed E-state index contributed by atoms with van der Waals surface area (Å²) in [6, 6.07) is 10.1. The zero-order valence-corrected chi connectivity index (χ0v) is 13.7. The van der Waals surface area contributed by atoms with Crippen molar-refractivity contribution < 1.29 is 9.90 Å². The van der Waals surface area contributed by atoms with E-state index >= 15 is 0 Å². The van der Waals surface area contributed by atoms with E-state index in [4.69, 9.17) is 0 Å². The van der Waals surface area contributed by atoms with Crippen molar-refractivity contribution in [3.05, 3.63) is 35.9 Å². The van der Waals surface area contributed by atoms with Crippen LogP contribution in [0.25, 0.3) is 0 Å². The molecule has 1 fully saturated rings. The molecule has 22 heavy (non-hydrogen) atoms. The fourth-order valence-electron chi connectivity index (χ4n) is 3.30. The molecule has 0 saturated heterocycles. The topological polar surface area (TPSA) is 49.3 Å². The number of carbonyl (C=O) groups is 1. The van der Waals surface area contributed by atoms with E-state index < -0.39 is 0 Å². The molecule has 0 radical (unpaired) electrons. The van der Waals surface area contributed by atoms with Gasteiger partial charge in [-0.3, -0.25) is 4.79 Å². The first kappa shape index (κ1) is 17.0. The first-order valence-corrected chi connectivity index (χ1v) is 8.53. The lowest BCUT2D eigenvalue weighted by atomic mass is 9.84. The molecule has 122 valence electrons. The minimum Gasteiger partial charge on any atom is -0.396 e. The molecule has 3 heteroatoms. The fraction of sp³-hybridized carbons (Fsp3) is 0.632. The monoisotopic (exact) mass is 303 g/mol. The van der Waals surface area contributed by atoms with Crippen LogP contribution < -0.4 is 5.32 Å². The zero-order valence-electron chi connectivity index (χ0n) is 13.7. The van der Waals surface area contributed by atoms with Gasteiger partial charge in [-0.25, -0.2) is 0 Å². The molecule has 1 aromatic rings. The van der Waals surface area contributed by atoms with E-state index in [1.165, 1.54) is 37.7 Å². The van der Waals surface area contributed by atoms with Crippen molar-refractivity contribution >= 4 is 5.91 Å². The molecule has 1 amide bonds. The number of carbonyl (C=O) groups excluding carboxylic acids is 1. The largest absolute Gasteiger partial charge is 0.396 e. The summed E-state index contributed by atoms with van der Waals surface area (Å²) in [5.74, 6) is 0.697. The van der Waals surface area contributed by atoms with E-state index in [9.17, 15) is 9.90 Å². The van der Waals surface area contributed by atoms with E-state index in [1.54, 1.807) is 0 Å². The summed E-state index contributed by atoms with van der Waals surface area (Å²) in [4.78, 5) is 12.1. The number of amides is 1. The van der Waals surface area contributed by atoms with Gasteiger partial charge in [-0.05, 0) is 30.7 Å². The first-order chi connectivity index (χ1) is 10.6. The van der Waals surface area contributed by atoms with Crippen LogP contribution in [0.1, 0.15) is 51.0 Å². The quantitative estimate of drug-likeness (QED) is 0.812. The van der Waals surface area contributed by atoms with Crippen molar-refractivity contribution in [3.63, 3.8) is 0 Å². The molecule has 1 aliphatic carbocycles. The van der Waals surface area contributed by atoms with Crippen LogP contribution in [0.15, 0.2) is 30.3 Å². The number of aliphatic hydroxyl groups is 1. The lowest BCUT2D eigenvalue weighted by molar-refractivity contribution is -0.122. The van der Waals surface area contributed by atoms with Crippen molar-refractivity contribution in [2.75, 3.05) is 13.2 Å². The molecule has 0 bridgehead atoms. The number of hydrogen-bond acceptors (Lipinski definition) is 2. The average molecular weight is 303 g/mol. The summed E-state index contributed by atoms with van der Waals surface area (Å²) in [5.41, 5.74) is 0.893. The van der Waals surface area contributed by atoms with Crippen molar-refractivity contribution in [3.8, 4) is 0 Å². The Morgan fingerprint density at radius 3 is 2.55 bits per heavy atom. The Morgan fingerprint density at radius 2 is 1.91 bits per heavy atom. The number of rotatable bonds is 7. The molecule has 1 aromatic carbocycles. The van der Waals surface area contributed by atoms with E-state index in [0.717, 1.165) is 6.42 Å². The van der Waals surface area contributed by atoms with Gasteiger partial charge in [0.05, 0.1) is 6.61 Å². The maximum absolute atomic E-state index is 12.1. The minimum atomic E-state index is -0.302. The molecule has 0 aromatic heterocycles. The highest BCUT2D eigenvalue weighted by atomic mass is 16.3. The van der Waals surface area contributed by atoms with Gasteiger partial charge in [0.2, 0.25) is 5.91 Å². The fourth-order valence-corrected chi connectivity index (χ4v) is 3.30. The second-order valence-electron chi connectivity index (χ2n) is 7.12. The third kappa shape index (κ3) is 5.45. The third-order valence-electron chi connectivity index (χ3n) is 4.77. The summed E-state index contributed by atoms with van der Waals surface area (Å²) in [7, 11) is 0. The molecule has 1 aliphatic rings. The molecule has 0 unspecified atom stereocenters. The average Bonchev–Trinajstić information content (AvgIpc) is 2.55. The maximum Gasteiger partial charge on any atom is 0.220 e. The SMILES string of the molecule is C[C@](CO)(CNC(=O)CC1CCCCC1)Cc1ccccc1. The van der Waals surface area contributed by atoms with E-state index in [2.05, 4.69) is 17.4 Å². The Kier molecular flexibility index (Phi) is 6.44. The summed E-state index contributed by atoms with van der Waals surface area (Å²) < 4.78 is 0. The molecular weight excluding hydrogens is 274 g/mol. The summed E-state index contributed by atoms with van der Waals surface area (Å²) in [6.45, 7) is 2.64. The Bertz CT molecular complexity index is 454. The van der Waals surface area contributed by atoms with E-state index in [1.807, 2.05) is 25.1 Å². The van der Waals surface area contributed by atoms with Crippen molar-refractivity contribution in [1.82, 2.24) is 5.32 Å². The van der Waals surface area contributed by atoms with Gasteiger partial charge in [-0.1, -0.05) is 56.5 Å². The summed E-state index contributed by atoms with van der Waals surface area (Å²) in [6.07, 6.45) is 7.64. The Morgan fingerprint density at radius 1 is 1.23 bits per heavy atom. The van der Waals surface area contributed by atoms with Crippen LogP contribution in [0.5, 0.6) is 0 Å². The van der Waals surface area contributed by atoms with Crippen LogP contribution in [0.4, 0.5) is 0 Å². The highest BCUT2D eigenvalue weighted by Crippen LogP contribution is 2.26. The Balaban J connectivity index is 1.80. The van der Waals surface area contributed by atoms with Crippen LogP contribution in [-0.4, -0.2) is 24.2 Å². The maximum atomic E-state index is 12.1. The third-order valence-corrected chi connectivity index (χ3v) is 4.77. The van der Waals surface area contributed by atoms with Crippen molar-refractivity contribution in [1.29, 1.82) is 0 Å². The van der Waals surface area contributed by atoms with Gasteiger partial charge in [0.1, 0.15) is 0 Å². The van der Waals surface area contributed by atoms with Gasteiger partial charge in [0.25, 0.3) is 0 Å². The van der Waals surface area contributed by atoms with E-state index in [-0.39, 0.29) is 17.9 Å². The second-order valence-corrected chi connectivity index (χ2v) is 7.12. The summed E-state index contributed by atoms with van der Waals surface area (Å²) in [5, 5.41) is 12.8. The lowest BCUT2D eigenvalue weighted by Crippen LogP contribution is -2.40. The zero-order chi connectivity index (χ0) is 15.8. The Hall–Kier alpha value is -1.35. The van der Waals surface area contributed by atoms with Crippen molar-refractivity contribution in [2.24, 2.45) is 11.3 Å². The van der Waals surface area contributed by atoms with Crippen LogP contribution in [0, 0.1) is 11.3 Å². The molecule has 2 N–H and O–H groups in total. The molecule has 3 nitrogen and oxygen atoms in total. The number of benzene rings is 1. The standard InChI is InChI=1S/C19H29NO2/c1-19(15-21,13-17-10-6-3-7-11-17)14-20-18(22)12-16-8-4-2-5-9-16/h3,6-7,10-11,16,21H,2,4-5,8-9,12-15H2,1H3,(H,20,22)/t19-/m1/s1. The highest BCUT2D eigenvalue weighted by Gasteiger charge is 2.25. The lowest BCUT2D eigenvalue weighted by Gasteiger charge is -2.28. The van der Waals surface area contributed by atoms with Crippen LogP contribution in [0.3, 0.4) is 0 Å². The first-order valence-electron chi connectivity index (χ1n) is 8.53. The molecule has 0 spiro atoms. The van der Waals surface area contributed by atoms with Gasteiger partial charge in [0.15, 0.2) is 0 Å². The smallest absolute Gasteiger partial charge is 0.220 e. The normalized spacial score (nSPS) is 18.6.